The summed E-state index contributed by atoms with van der Waals surface area (Å²) in [6.07, 6.45) is 1.07. The molecule has 1 aliphatic heterocycles. The van der Waals surface area contributed by atoms with Crippen LogP contribution in [0, 0.1) is 20.8 Å². The lowest BCUT2D eigenvalue weighted by Crippen LogP contribution is -2.37. The Morgan fingerprint density at radius 2 is 1.93 bits per heavy atom. The van der Waals surface area contributed by atoms with Gasteiger partial charge in [0.15, 0.2) is 0 Å². The van der Waals surface area contributed by atoms with Crippen molar-refractivity contribution >= 4 is 17.4 Å². The summed E-state index contributed by atoms with van der Waals surface area (Å²) >= 11 is 0. The standard InChI is InChI=1S/C21H26N4O.CH2O2/c1-14-12-20(21-15(2)23-24-16(21)3)22-19-5-4-17(13-18(14)19)6-7-25-8-10-26-11-9-25;2-1-3/h4-5,12-13H,6-11H2,1-3H3,(H,23,24);1H,(H,2,3). The van der Waals surface area contributed by atoms with Crippen molar-refractivity contribution in [2.24, 2.45) is 0 Å². The van der Waals surface area contributed by atoms with Crippen molar-refractivity contribution in [3.05, 3.63) is 46.8 Å². The van der Waals surface area contributed by atoms with Gasteiger partial charge < -0.3 is 9.84 Å². The molecule has 0 unspecified atom stereocenters. The first-order chi connectivity index (χ1) is 14.0. The summed E-state index contributed by atoms with van der Waals surface area (Å²) in [7, 11) is 0. The predicted octanol–water partition coefficient (Wildman–Crippen LogP) is 3.13. The van der Waals surface area contributed by atoms with Gasteiger partial charge in [-0.3, -0.25) is 14.8 Å². The molecule has 2 aromatic heterocycles. The molecule has 1 aliphatic rings. The third-order valence-corrected chi connectivity index (χ3v) is 5.28. The SMILES string of the molecule is Cc1n[nH]c(C)c1-c1cc(C)c2cc(CCN3CCOCC3)ccc2n1.O=CO. The number of carbonyl (C=O) groups is 1. The third kappa shape index (κ3) is 4.99. The maximum absolute atomic E-state index is 8.36. The van der Waals surface area contributed by atoms with E-state index in [1.807, 2.05) is 13.8 Å². The lowest BCUT2D eigenvalue weighted by atomic mass is 10.0. The van der Waals surface area contributed by atoms with Crippen LogP contribution in [0.25, 0.3) is 22.2 Å². The average molecular weight is 396 g/mol. The Balaban J connectivity index is 0.000000755. The first kappa shape index (κ1) is 21.0. The van der Waals surface area contributed by atoms with Crippen molar-refractivity contribution in [2.75, 3.05) is 32.8 Å². The van der Waals surface area contributed by atoms with Crippen molar-refractivity contribution in [3.8, 4) is 11.3 Å². The quantitative estimate of drug-likeness (QED) is 0.659. The van der Waals surface area contributed by atoms with E-state index in [1.165, 1.54) is 16.5 Å². The number of benzene rings is 1. The molecule has 154 valence electrons. The Hall–Kier alpha value is -2.77. The zero-order chi connectivity index (χ0) is 20.8. The minimum absolute atomic E-state index is 0.250. The Kier molecular flexibility index (Phi) is 6.95. The molecule has 0 spiro atoms. The number of aryl methyl sites for hydroxylation is 3. The largest absolute Gasteiger partial charge is 0.483 e. The van der Waals surface area contributed by atoms with Crippen molar-refractivity contribution in [2.45, 2.75) is 27.2 Å². The van der Waals surface area contributed by atoms with E-state index in [0.717, 1.165) is 67.4 Å². The lowest BCUT2D eigenvalue weighted by molar-refractivity contribution is -0.122. The number of nitrogens with zero attached hydrogens (tertiary/aromatic N) is 3. The van der Waals surface area contributed by atoms with Crippen molar-refractivity contribution in [1.82, 2.24) is 20.1 Å². The van der Waals surface area contributed by atoms with Gasteiger partial charge in [-0.15, -0.1) is 0 Å². The zero-order valence-corrected chi connectivity index (χ0v) is 17.2. The van der Waals surface area contributed by atoms with Crippen LogP contribution in [0.1, 0.15) is 22.5 Å². The van der Waals surface area contributed by atoms with Crippen molar-refractivity contribution in [1.29, 1.82) is 0 Å². The van der Waals surface area contributed by atoms with Gasteiger partial charge in [0.1, 0.15) is 0 Å². The molecule has 1 saturated heterocycles. The summed E-state index contributed by atoms with van der Waals surface area (Å²) < 4.78 is 5.43. The van der Waals surface area contributed by atoms with Gasteiger partial charge in [0.2, 0.25) is 0 Å². The number of H-pyrrole nitrogens is 1. The second-order valence-corrected chi connectivity index (χ2v) is 7.29. The van der Waals surface area contributed by atoms with Crippen molar-refractivity contribution in [3.63, 3.8) is 0 Å². The molecule has 0 amide bonds. The van der Waals surface area contributed by atoms with E-state index in [2.05, 4.69) is 46.3 Å². The van der Waals surface area contributed by atoms with Crippen LogP contribution in [0.3, 0.4) is 0 Å². The fourth-order valence-electron chi connectivity index (χ4n) is 3.77. The molecule has 0 radical (unpaired) electrons. The number of fused-ring (bicyclic) bond motifs is 1. The molecule has 1 fully saturated rings. The minimum Gasteiger partial charge on any atom is -0.483 e. The number of pyridine rings is 1. The molecule has 1 aromatic carbocycles. The predicted molar refractivity (Wildman–Crippen MR) is 113 cm³/mol. The Bertz CT molecular complexity index is 958. The molecular formula is C22H28N4O3. The Labute approximate surface area is 170 Å². The van der Waals surface area contributed by atoms with Gasteiger partial charge in [-0.05, 0) is 56.5 Å². The minimum atomic E-state index is -0.250. The van der Waals surface area contributed by atoms with E-state index in [1.54, 1.807) is 0 Å². The van der Waals surface area contributed by atoms with Crippen LogP contribution in [-0.2, 0) is 16.0 Å². The second-order valence-electron chi connectivity index (χ2n) is 7.29. The number of ether oxygens (including phenoxy) is 1. The lowest BCUT2D eigenvalue weighted by Gasteiger charge is -2.26. The van der Waals surface area contributed by atoms with Crippen LogP contribution < -0.4 is 0 Å². The number of aromatic nitrogens is 3. The smallest absolute Gasteiger partial charge is 0.290 e. The highest BCUT2D eigenvalue weighted by Gasteiger charge is 2.13. The van der Waals surface area contributed by atoms with Crippen LogP contribution in [0.2, 0.25) is 0 Å². The highest BCUT2D eigenvalue weighted by Crippen LogP contribution is 2.28. The fourth-order valence-corrected chi connectivity index (χ4v) is 3.77. The van der Waals surface area contributed by atoms with E-state index < -0.39 is 0 Å². The van der Waals surface area contributed by atoms with Crippen molar-refractivity contribution < 1.29 is 14.6 Å². The summed E-state index contributed by atoms with van der Waals surface area (Å²) in [5.74, 6) is 0. The molecule has 7 nitrogen and oxygen atoms in total. The van der Waals surface area contributed by atoms with E-state index in [4.69, 9.17) is 19.6 Å². The topological polar surface area (TPSA) is 91.3 Å². The average Bonchev–Trinajstić information content (AvgIpc) is 3.06. The van der Waals surface area contributed by atoms with Gasteiger partial charge in [0.05, 0.1) is 30.1 Å². The number of nitrogens with one attached hydrogen (secondary N) is 1. The highest BCUT2D eigenvalue weighted by molar-refractivity contribution is 5.86. The highest BCUT2D eigenvalue weighted by atomic mass is 16.5. The normalized spacial score (nSPS) is 14.4. The molecule has 0 saturated carbocycles. The third-order valence-electron chi connectivity index (χ3n) is 5.28. The molecule has 0 aliphatic carbocycles. The maximum atomic E-state index is 8.36. The van der Waals surface area contributed by atoms with Crippen LogP contribution in [-0.4, -0.2) is 64.5 Å². The van der Waals surface area contributed by atoms with Crippen LogP contribution in [0.15, 0.2) is 24.3 Å². The van der Waals surface area contributed by atoms with E-state index >= 15 is 0 Å². The molecule has 2 N–H and O–H groups in total. The monoisotopic (exact) mass is 396 g/mol. The first-order valence-corrected chi connectivity index (χ1v) is 9.83. The van der Waals surface area contributed by atoms with Gasteiger partial charge in [0, 0.05) is 36.3 Å². The first-order valence-electron chi connectivity index (χ1n) is 9.83. The number of rotatable bonds is 4. The summed E-state index contributed by atoms with van der Waals surface area (Å²) in [5.41, 5.74) is 7.86. The van der Waals surface area contributed by atoms with Crippen LogP contribution >= 0.6 is 0 Å². The molecule has 4 rings (SSSR count). The summed E-state index contributed by atoms with van der Waals surface area (Å²) in [6.45, 7) is 10.9. The molecule has 3 heterocycles. The number of carboxylic acid groups (broad SMARTS) is 1. The number of hydrogen-bond donors (Lipinski definition) is 2. The van der Waals surface area contributed by atoms with Gasteiger partial charge in [0.25, 0.3) is 6.47 Å². The van der Waals surface area contributed by atoms with E-state index in [9.17, 15) is 0 Å². The molecule has 0 atom stereocenters. The molecule has 0 bridgehead atoms. The number of hydrogen-bond acceptors (Lipinski definition) is 5. The van der Waals surface area contributed by atoms with Gasteiger partial charge in [-0.25, -0.2) is 4.98 Å². The summed E-state index contributed by atoms with van der Waals surface area (Å²) in [6, 6.07) is 8.86. The van der Waals surface area contributed by atoms with E-state index in [-0.39, 0.29) is 6.47 Å². The van der Waals surface area contributed by atoms with Crippen LogP contribution in [0.4, 0.5) is 0 Å². The molecule has 3 aromatic rings. The van der Waals surface area contributed by atoms with Gasteiger partial charge >= 0.3 is 0 Å². The Morgan fingerprint density at radius 3 is 2.59 bits per heavy atom. The van der Waals surface area contributed by atoms with Crippen LogP contribution in [0.5, 0.6) is 0 Å². The van der Waals surface area contributed by atoms with Gasteiger partial charge in [-0.2, -0.15) is 5.10 Å². The fraction of sp³-hybridized carbons (Fsp3) is 0.409. The molecular weight excluding hydrogens is 368 g/mol. The molecule has 29 heavy (non-hydrogen) atoms. The van der Waals surface area contributed by atoms with E-state index in [0.29, 0.717) is 0 Å². The molecule has 7 heteroatoms. The zero-order valence-electron chi connectivity index (χ0n) is 17.2. The maximum Gasteiger partial charge on any atom is 0.290 e. The summed E-state index contributed by atoms with van der Waals surface area (Å²) in [4.78, 5) is 15.7. The Morgan fingerprint density at radius 1 is 1.21 bits per heavy atom. The number of aromatic amines is 1. The number of morpholine rings is 1. The van der Waals surface area contributed by atoms with Gasteiger partial charge in [-0.1, -0.05) is 6.07 Å². The second kappa shape index (κ2) is 9.62. The summed E-state index contributed by atoms with van der Waals surface area (Å²) in [5, 5.41) is 15.5.